The topological polar surface area (TPSA) is 120 Å². The van der Waals surface area contributed by atoms with E-state index < -0.39 is 16.8 Å². The molecule has 134 valence electrons. The van der Waals surface area contributed by atoms with Gasteiger partial charge >= 0.3 is 11.8 Å². The number of aromatic nitrogens is 2. The second-order valence-electron chi connectivity index (χ2n) is 4.92. The summed E-state index contributed by atoms with van der Waals surface area (Å²) in [6.07, 6.45) is -0.715. The normalized spacial score (nSPS) is 10.7. The average molecular weight is 378 g/mol. The van der Waals surface area contributed by atoms with Crippen LogP contribution in [0.5, 0.6) is 0 Å². The molecule has 1 heterocycles. The van der Waals surface area contributed by atoms with E-state index in [9.17, 15) is 19.3 Å². The van der Waals surface area contributed by atoms with Gasteiger partial charge in [-0.05, 0) is 34.6 Å². The minimum absolute atomic E-state index is 0.0600. The van der Waals surface area contributed by atoms with E-state index in [2.05, 4.69) is 20.3 Å². The Kier molecular flexibility index (Phi) is 5.27. The zero-order chi connectivity index (χ0) is 18.5. The van der Waals surface area contributed by atoms with Crippen LogP contribution in [0.1, 0.15) is 0 Å². The fraction of sp³-hybridized carbons (Fsp3) is 0.133. The summed E-state index contributed by atoms with van der Waals surface area (Å²) < 4.78 is 22.6. The second-order valence-corrected chi connectivity index (χ2v) is 6.06. The van der Waals surface area contributed by atoms with E-state index in [4.69, 9.17) is 4.74 Å². The molecule has 26 heavy (non-hydrogen) atoms. The number of benzene rings is 2. The number of nitro benzene ring substituents is 1. The van der Waals surface area contributed by atoms with Crippen molar-refractivity contribution in [2.24, 2.45) is 0 Å². The third kappa shape index (κ3) is 4.06. The SMILES string of the molecule is O=C(Nc1cccc(F)c1)OCCSc1ccc([N+](=O)[O-])c2nonc12. The number of rotatable bonds is 6. The van der Waals surface area contributed by atoms with E-state index in [1.165, 1.54) is 48.2 Å². The largest absolute Gasteiger partial charge is 0.448 e. The summed E-state index contributed by atoms with van der Waals surface area (Å²) in [5.41, 5.74) is 0.419. The number of nitrogens with zero attached hydrogens (tertiary/aromatic N) is 3. The lowest BCUT2D eigenvalue weighted by Crippen LogP contribution is -2.15. The molecule has 0 aliphatic heterocycles. The summed E-state index contributed by atoms with van der Waals surface area (Å²) >= 11 is 1.28. The number of ether oxygens (including phenoxy) is 1. The van der Waals surface area contributed by atoms with Crippen LogP contribution in [-0.2, 0) is 4.74 Å². The molecule has 0 aliphatic carbocycles. The first-order valence-electron chi connectivity index (χ1n) is 7.26. The third-order valence-electron chi connectivity index (χ3n) is 3.20. The fourth-order valence-corrected chi connectivity index (χ4v) is 2.92. The number of anilines is 1. The van der Waals surface area contributed by atoms with Crippen molar-refractivity contribution in [2.45, 2.75) is 4.90 Å². The first-order chi connectivity index (χ1) is 12.5. The van der Waals surface area contributed by atoms with E-state index in [-0.39, 0.29) is 29.0 Å². The van der Waals surface area contributed by atoms with Crippen LogP contribution in [0.3, 0.4) is 0 Å². The Morgan fingerprint density at radius 2 is 2.12 bits per heavy atom. The Labute approximate surface area is 149 Å². The van der Waals surface area contributed by atoms with Crippen molar-refractivity contribution in [1.29, 1.82) is 0 Å². The number of amides is 1. The molecule has 0 aliphatic rings. The predicted molar refractivity (Wildman–Crippen MR) is 90.6 cm³/mol. The lowest BCUT2D eigenvalue weighted by molar-refractivity contribution is -0.383. The molecule has 0 spiro atoms. The van der Waals surface area contributed by atoms with Gasteiger partial charge in [0.2, 0.25) is 5.52 Å². The van der Waals surface area contributed by atoms with E-state index >= 15 is 0 Å². The van der Waals surface area contributed by atoms with Gasteiger partial charge < -0.3 is 4.74 Å². The molecule has 0 saturated heterocycles. The summed E-state index contributed by atoms with van der Waals surface area (Å²) in [4.78, 5) is 22.6. The van der Waals surface area contributed by atoms with Crippen molar-refractivity contribution in [3.63, 3.8) is 0 Å². The summed E-state index contributed by atoms with van der Waals surface area (Å²) in [6, 6.07) is 8.27. The third-order valence-corrected chi connectivity index (χ3v) is 4.21. The summed E-state index contributed by atoms with van der Waals surface area (Å²) in [7, 11) is 0. The molecule has 9 nitrogen and oxygen atoms in total. The number of fused-ring (bicyclic) bond motifs is 1. The van der Waals surface area contributed by atoms with Gasteiger partial charge in [0.05, 0.1) is 4.92 Å². The molecule has 0 atom stereocenters. The van der Waals surface area contributed by atoms with Crippen molar-refractivity contribution < 1.29 is 23.5 Å². The highest BCUT2D eigenvalue weighted by atomic mass is 32.2. The maximum absolute atomic E-state index is 13.0. The van der Waals surface area contributed by atoms with Crippen molar-refractivity contribution in [1.82, 2.24) is 10.3 Å². The lowest BCUT2D eigenvalue weighted by Gasteiger charge is -2.07. The van der Waals surface area contributed by atoms with Gasteiger partial charge in [-0.1, -0.05) is 6.07 Å². The van der Waals surface area contributed by atoms with Crippen LogP contribution < -0.4 is 5.32 Å². The number of carbonyl (C=O) groups excluding carboxylic acids is 1. The quantitative estimate of drug-likeness (QED) is 0.299. The van der Waals surface area contributed by atoms with Crippen LogP contribution in [0.15, 0.2) is 45.9 Å². The molecule has 3 rings (SSSR count). The Morgan fingerprint density at radius 3 is 2.88 bits per heavy atom. The Morgan fingerprint density at radius 1 is 1.31 bits per heavy atom. The van der Waals surface area contributed by atoms with E-state index in [1.54, 1.807) is 0 Å². The van der Waals surface area contributed by atoms with Crippen LogP contribution in [0.4, 0.5) is 20.6 Å². The molecule has 1 amide bonds. The van der Waals surface area contributed by atoms with Gasteiger partial charge in [0.25, 0.3) is 0 Å². The molecule has 1 aromatic heterocycles. The Balaban J connectivity index is 1.53. The smallest absolute Gasteiger partial charge is 0.411 e. The molecule has 0 saturated carbocycles. The van der Waals surface area contributed by atoms with Crippen LogP contribution in [0.25, 0.3) is 11.0 Å². The molecule has 3 aromatic rings. The summed E-state index contributed by atoms with van der Waals surface area (Å²) in [6.45, 7) is 0.0651. The van der Waals surface area contributed by atoms with Gasteiger partial charge in [0, 0.05) is 22.4 Å². The van der Waals surface area contributed by atoms with Gasteiger partial charge in [-0.2, -0.15) is 0 Å². The number of hydrogen-bond acceptors (Lipinski definition) is 8. The molecule has 2 aromatic carbocycles. The van der Waals surface area contributed by atoms with Crippen molar-refractivity contribution in [3.05, 3.63) is 52.3 Å². The zero-order valence-electron chi connectivity index (χ0n) is 13.0. The average Bonchev–Trinajstić information content (AvgIpc) is 3.08. The highest BCUT2D eigenvalue weighted by molar-refractivity contribution is 7.99. The van der Waals surface area contributed by atoms with Crippen LogP contribution in [-0.4, -0.2) is 33.7 Å². The number of nitro groups is 1. The van der Waals surface area contributed by atoms with Crippen LogP contribution in [0.2, 0.25) is 0 Å². The summed E-state index contributed by atoms with van der Waals surface area (Å²) in [5.74, 6) is -0.0992. The van der Waals surface area contributed by atoms with E-state index in [0.29, 0.717) is 10.6 Å². The number of nitrogens with one attached hydrogen (secondary N) is 1. The molecular formula is C15H11FN4O5S. The van der Waals surface area contributed by atoms with Gasteiger partial charge in [-0.25, -0.2) is 13.8 Å². The number of hydrogen-bond donors (Lipinski definition) is 1. The standard InChI is InChI=1S/C15H11FN4O5S/c16-9-2-1-3-10(8-9)17-15(21)24-6-7-26-12-5-4-11(20(22)23)13-14(12)19-25-18-13/h1-5,8H,6-7H2,(H,17,21). The first kappa shape index (κ1) is 17.6. The molecular weight excluding hydrogens is 367 g/mol. The number of carbonyl (C=O) groups is 1. The molecule has 0 bridgehead atoms. The van der Waals surface area contributed by atoms with Crippen LogP contribution in [0, 0.1) is 15.9 Å². The minimum atomic E-state index is -0.715. The number of non-ortho nitro benzene ring substituents is 1. The fourth-order valence-electron chi connectivity index (χ4n) is 2.10. The summed E-state index contributed by atoms with van der Waals surface area (Å²) in [5, 5.41) is 20.6. The van der Waals surface area contributed by atoms with E-state index in [0.717, 1.165) is 0 Å². The lowest BCUT2D eigenvalue weighted by atomic mass is 10.3. The van der Waals surface area contributed by atoms with Gasteiger partial charge in [-0.15, -0.1) is 11.8 Å². The van der Waals surface area contributed by atoms with Crippen LogP contribution >= 0.6 is 11.8 Å². The second kappa shape index (κ2) is 7.78. The molecule has 0 unspecified atom stereocenters. The van der Waals surface area contributed by atoms with E-state index in [1.807, 2.05) is 0 Å². The minimum Gasteiger partial charge on any atom is -0.448 e. The van der Waals surface area contributed by atoms with Crippen molar-refractivity contribution >= 4 is 40.3 Å². The highest BCUT2D eigenvalue weighted by Crippen LogP contribution is 2.31. The van der Waals surface area contributed by atoms with Gasteiger partial charge in [0.1, 0.15) is 12.4 Å². The number of halogens is 1. The molecule has 11 heteroatoms. The predicted octanol–water partition coefficient (Wildman–Crippen LogP) is 3.61. The maximum atomic E-state index is 13.0. The van der Waals surface area contributed by atoms with Gasteiger partial charge in [0.15, 0.2) is 5.52 Å². The van der Waals surface area contributed by atoms with Gasteiger partial charge in [-0.3, -0.25) is 15.4 Å². The van der Waals surface area contributed by atoms with Crippen molar-refractivity contribution in [3.8, 4) is 0 Å². The zero-order valence-corrected chi connectivity index (χ0v) is 13.9. The molecule has 0 radical (unpaired) electrons. The highest BCUT2D eigenvalue weighted by Gasteiger charge is 2.19. The number of thioether (sulfide) groups is 1. The molecule has 1 N–H and O–H groups in total. The molecule has 0 fully saturated rings. The monoisotopic (exact) mass is 378 g/mol. The maximum Gasteiger partial charge on any atom is 0.411 e. The van der Waals surface area contributed by atoms with Crippen molar-refractivity contribution in [2.75, 3.05) is 17.7 Å². The first-order valence-corrected chi connectivity index (χ1v) is 8.25. The Hall–Kier alpha value is -3.21. The Bertz CT molecular complexity index is 964.